The van der Waals surface area contributed by atoms with E-state index in [2.05, 4.69) is 34.1 Å². The highest BCUT2D eigenvalue weighted by Crippen LogP contribution is 2.32. The molecule has 0 bridgehead atoms. The largest absolute Gasteiger partial charge is 0.284 e. The van der Waals surface area contributed by atoms with Crippen LogP contribution in [0, 0.1) is 0 Å². The van der Waals surface area contributed by atoms with E-state index in [1.54, 1.807) is 0 Å². The van der Waals surface area contributed by atoms with Gasteiger partial charge in [-0.05, 0) is 37.3 Å². The Kier molecular flexibility index (Phi) is 3.25. The molecule has 94 valence electrons. The van der Waals surface area contributed by atoms with Gasteiger partial charge in [0.05, 0.1) is 5.52 Å². The quantitative estimate of drug-likeness (QED) is 0.770. The van der Waals surface area contributed by atoms with Gasteiger partial charge in [-0.1, -0.05) is 34.1 Å². The molecule has 3 heteroatoms. The molecule has 2 aromatic rings. The molecule has 18 heavy (non-hydrogen) atoms. The Bertz CT molecular complexity index is 600. The third kappa shape index (κ3) is 1.81. The van der Waals surface area contributed by atoms with Crippen molar-refractivity contribution in [3.63, 3.8) is 0 Å². The van der Waals surface area contributed by atoms with E-state index in [1.807, 2.05) is 10.6 Å². The lowest BCUT2D eigenvalue weighted by Crippen LogP contribution is -2.16. The van der Waals surface area contributed by atoms with Crippen LogP contribution in [-0.4, -0.2) is 15.8 Å². The summed E-state index contributed by atoms with van der Waals surface area (Å²) in [5.74, 6) is 0.214. The second-order valence-electron chi connectivity index (χ2n) is 4.82. The zero-order chi connectivity index (χ0) is 12.5. The molecule has 2 nitrogen and oxygen atoms in total. The van der Waals surface area contributed by atoms with E-state index in [0.29, 0.717) is 6.42 Å². The lowest BCUT2D eigenvalue weighted by molar-refractivity contribution is 0.0912. The molecule has 0 aliphatic heterocycles. The summed E-state index contributed by atoms with van der Waals surface area (Å²) in [6, 6.07) is 8.30. The minimum absolute atomic E-state index is 0.214. The lowest BCUT2D eigenvalue weighted by Gasteiger charge is -2.14. The van der Waals surface area contributed by atoms with Crippen molar-refractivity contribution in [3.8, 4) is 0 Å². The van der Waals surface area contributed by atoms with Crippen LogP contribution in [-0.2, 0) is 12.8 Å². The molecular formula is C15H16BrNO. The van der Waals surface area contributed by atoms with Gasteiger partial charge >= 0.3 is 0 Å². The van der Waals surface area contributed by atoms with Crippen molar-refractivity contribution in [2.24, 2.45) is 0 Å². The van der Waals surface area contributed by atoms with E-state index >= 15 is 0 Å². The number of halogens is 1. The average Bonchev–Trinajstić information content (AvgIpc) is 2.73. The van der Waals surface area contributed by atoms with Gasteiger partial charge in [0.25, 0.3) is 0 Å². The van der Waals surface area contributed by atoms with Crippen LogP contribution >= 0.6 is 15.9 Å². The first-order valence-corrected chi connectivity index (χ1v) is 7.65. The molecule has 0 amide bonds. The Morgan fingerprint density at radius 1 is 1.22 bits per heavy atom. The number of para-hydroxylation sites is 1. The first kappa shape index (κ1) is 12.0. The summed E-state index contributed by atoms with van der Waals surface area (Å²) in [5, 5.41) is 2.00. The Morgan fingerprint density at radius 2 is 2.00 bits per heavy atom. The lowest BCUT2D eigenvalue weighted by atomic mass is 9.95. The van der Waals surface area contributed by atoms with Gasteiger partial charge < -0.3 is 0 Å². The van der Waals surface area contributed by atoms with Crippen molar-refractivity contribution in [2.75, 3.05) is 5.33 Å². The minimum Gasteiger partial charge on any atom is -0.284 e. The summed E-state index contributed by atoms with van der Waals surface area (Å²) in [4.78, 5) is 12.3. The summed E-state index contributed by atoms with van der Waals surface area (Å²) < 4.78 is 1.96. The number of carbonyl (C=O) groups is 1. The highest BCUT2D eigenvalue weighted by atomic mass is 79.9. The molecule has 1 aromatic heterocycles. The van der Waals surface area contributed by atoms with Gasteiger partial charge in [0.2, 0.25) is 5.91 Å². The first-order valence-electron chi connectivity index (χ1n) is 6.53. The third-order valence-corrected chi connectivity index (χ3v) is 4.13. The van der Waals surface area contributed by atoms with Gasteiger partial charge in [0, 0.05) is 22.8 Å². The third-order valence-electron chi connectivity index (χ3n) is 3.74. The number of aromatic nitrogens is 1. The van der Waals surface area contributed by atoms with E-state index in [9.17, 15) is 4.79 Å². The van der Waals surface area contributed by atoms with Crippen LogP contribution in [0.2, 0.25) is 0 Å². The van der Waals surface area contributed by atoms with Crippen molar-refractivity contribution >= 4 is 32.7 Å². The number of fused-ring (bicyclic) bond motifs is 3. The Morgan fingerprint density at radius 3 is 2.83 bits per heavy atom. The molecule has 0 fully saturated rings. The molecule has 0 atom stereocenters. The van der Waals surface area contributed by atoms with E-state index in [1.165, 1.54) is 29.5 Å². The van der Waals surface area contributed by atoms with Crippen molar-refractivity contribution < 1.29 is 4.79 Å². The molecule has 1 aliphatic carbocycles. The Balaban J connectivity index is 2.25. The SMILES string of the molecule is O=C(CCBr)n1c2c(c3ccccc31)CCCC2. The van der Waals surface area contributed by atoms with Gasteiger partial charge in [0.1, 0.15) is 0 Å². The molecule has 0 radical (unpaired) electrons. The van der Waals surface area contributed by atoms with Crippen LogP contribution in [0.1, 0.15) is 35.3 Å². The van der Waals surface area contributed by atoms with Crippen LogP contribution in [0.3, 0.4) is 0 Å². The molecule has 0 saturated carbocycles. The summed E-state index contributed by atoms with van der Waals surface area (Å²) in [5.41, 5.74) is 3.75. The van der Waals surface area contributed by atoms with E-state index in [-0.39, 0.29) is 5.91 Å². The minimum atomic E-state index is 0.214. The normalized spacial score (nSPS) is 14.7. The number of rotatable bonds is 2. The molecule has 0 spiro atoms. The van der Waals surface area contributed by atoms with E-state index < -0.39 is 0 Å². The van der Waals surface area contributed by atoms with Gasteiger partial charge in [0.15, 0.2) is 0 Å². The number of aryl methyl sites for hydroxylation is 1. The summed E-state index contributed by atoms with van der Waals surface area (Å²) in [6.45, 7) is 0. The fraction of sp³-hybridized carbons (Fsp3) is 0.400. The Labute approximate surface area is 115 Å². The summed E-state index contributed by atoms with van der Waals surface area (Å²) >= 11 is 3.36. The predicted molar refractivity (Wildman–Crippen MR) is 77.6 cm³/mol. The zero-order valence-corrected chi connectivity index (χ0v) is 11.9. The predicted octanol–water partition coefficient (Wildman–Crippen LogP) is 3.95. The van der Waals surface area contributed by atoms with Gasteiger partial charge in [-0.15, -0.1) is 0 Å². The molecule has 3 rings (SSSR count). The van der Waals surface area contributed by atoms with Gasteiger partial charge in [-0.3, -0.25) is 9.36 Å². The molecule has 0 N–H and O–H groups in total. The van der Waals surface area contributed by atoms with Crippen molar-refractivity contribution in [1.82, 2.24) is 4.57 Å². The summed E-state index contributed by atoms with van der Waals surface area (Å²) in [7, 11) is 0. The number of hydrogen-bond donors (Lipinski definition) is 0. The molecular weight excluding hydrogens is 290 g/mol. The van der Waals surface area contributed by atoms with Crippen LogP contribution in [0.4, 0.5) is 0 Å². The smallest absolute Gasteiger partial charge is 0.232 e. The molecule has 1 aliphatic rings. The molecule has 1 heterocycles. The second-order valence-corrected chi connectivity index (χ2v) is 5.61. The molecule has 0 saturated heterocycles. The van der Waals surface area contributed by atoms with Gasteiger partial charge in [-0.25, -0.2) is 0 Å². The zero-order valence-electron chi connectivity index (χ0n) is 10.3. The fourth-order valence-corrected chi connectivity index (χ4v) is 3.31. The topological polar surface area (TPSA) is 22.0 Å². The van der Waals surface area contributed by atoms with E-state index in [0.717, 1.165) is 23.7 Å². The van der Waals surface area contributed by atoms with Crippen molar-refractivity contribution in [1.29, 1.82) is 0 Å². The highest BCUT2D eigenvalue weighted by Gasteiger charge is 2.22. The summed E-state index contributed by atoms with van der Waals surface area (Å²) in [6.07, 6.45) is 5.16. The monoisotopic (exact) mass is 305 g/mol. The maximum Gasteiger partial charge on any atom is 0.232 e. The number of carbonyl (C=O) groups excluding carboxylic acids is 1. The maximum absolute atomic E-state index is 12.3. The number of benzene rings is 1. The van der Waals surface area contributed by atoms with Crippen LogP contribution in [0.5, 0.6) is 0 Å². The number of hydrogen-bond acceptors (Lipinski definition) is 1. The fourth-order valence-electron chi connectivity index (χ4n) is 2.97. The Hall–Kier alpha value is -1.09. The second kappa shape index (κ2) is 4.88. The van der Waals surface area contributed by atoms with Crippen molar-refractivity contribution in [3.05, 3.63) is 35.5 Å². The van der Waals surface area contributed by atoms with Crippen LogP contribution < -0.4 is 0 Å². The van der Waals surface area contributed by atoms with Crippen LogP contribution in [0.25, 0.3) is 10.9 Å². The molecule has 0 unspecified atom stereocenters. The maximum atomic E-state index is 12.3. The van der Waals surface area contributed by atoms with Crippen molar-refractivity contribution in [2.45, 2.75) is 32.1 Å². The van der Waals surface area contributed by atoms with Gasteiger partial charge in [-0.2, -0.15) is 0 Å². The number of nitrogens with zero attached hydrogens (tertiary/aromatic N) is 1. The van der Waals surface area contributed by atoms with Crippen LogP contribution in [0.15, 0.2) is 24.3 Å². The molecule has 1 aromatic carbocycles. The average molecular weight is 306 g/mol. The number of alkyl halides is 1. The highest BCUT2D eigenvalue weighted by molar-refractivity contribution is 9.09. The standard InChI is InChI=1S/C15H16BrNO/c16-10-9-15(18)17-13-7-3-1-5-11(13)12-6-2-4-8-14(12)17/h1,3,5,7H,2,4,6,8-10H2. The first-order chi connectivity index (χ1) is 8.83. The van der Waals surface area contributed by atoms with E-state index in [4.69, 9.17) is 0 Å².